The molecule has 1 aromatic rings. The van der Waals surface area contributed by atoms with Gasteiger partial charge in [0.25, 0.3) is 5.91 Å². The molecule has 4 heteroatoms. The van der Waals surface area contributed by atoms with Crippen molar-refractivity contribution in [1.82, 2.24) is 5.32 Å². The normalized spacial score (nSPS) is 19.1. The molecule has 1 amide bonds. The first-order chi connectivity index (χ1) is 9.44. The number of aryl methyl sites for hydroxylation is 1. The fraction of sp³-hybridized carbons (Fsp3) is 0.562. The van der Waals surface area contributed by atoms with E-state index in [1.165, 1.54) is 0 Å². The smallest absolute Gasteiger partial charge is 0.251 e. The topological polar surface area (TPSA) is 49.3 Å². The number of rotatable bonds is 5. The molecule has 0 aliphatic carbocycles. The second-order valence-electron chi connectivity index (χ2n) is 6.05. The van der Waals surface area contributed by atoms with E-state index >= 15 is 0 Å². The van der Waals surface area contributed by atoms with Crippen LogP contribution in [-0.2, 0) is 6.42 Å². The molecule has 2 N–H and O–H groups in total. The van der Waals surface area contributed by atoms with Crippen molar-refractivity contribution in [1.29, 1.82) is 0 Å². The molecule has 110 valence electrons. The molecular formula is C16H23NO2S. The van der Waals surface area contributed by atoms with Gasteiger partial charge in [-0.3, -0.25) is 4.79 Å². The average Bonchev–Trinajstić information content (AvgIpc) is 2.89. The maximum atomic E-state index is 12.2. The summed E-state index contributed by atoms with van der Waals surface area (Å²) in [4.78, 5) is 12.2. The quantitative estimate of drug-likeness (QED) is 0.877. The number of thioether (sulfide) groups is 1. The largest absolute Gasteiger partial charge is 0.390 e. The predicted molar refractivity (Wildman–Crippen MR) is 84.3 cm³/mol. The standard InChI is InChI=1S/C16H23NO2S/c1-16(2,19)8-6-12-4-3-5-13(10-12)15(18)17-14-7-9-20-11-14/h3-5,10,14,19H,6-9,11H2,1-2H3,(H,17,18). The molecule has 1 unspecified atom stereocenters. The zero-order valence-corrected chi connectivity index (χ0v) is 13.0. The molecule has 0 bridgehead atoms. The molecular weight excluding hydrogens is 270 g/mol. The monoisotopic (exact) mass is 293 g/mol. The molecule has 0 saturated carbocycles. The van der Waals surface area contributed by atoms with E-state index in [9.17, 15) is 9.90 Å². The number of aliphatic hydroxyl groups is 1. The van der Waals surface area contributed by atoms with Crippen LogP contribution in [0.25, 0.3) is 0 Å². The molecule has 1 atom stereocenters. The highest BCUT2D eigenvalue weighted by molar-refractivity contribution is 7.99. The fourth-order valence-electron chi connectivity index (χ4n) is 2.24. The van der Waals surface area contributed by atoms with Crippen molar-refractivity contribution in [3.63, 3.8) is 0 Å². The second-order valence-corrected chi connectivity index (χ2v) is 7.20. The SMILES string of the molecule is CC(C)(O)CCc1cccc(C(=O)NC2CCSC2)c1. The molecule has 1 saturated heterocycles. The van der Waals surface area contributed by atoms with Crippen LogP contribution >= 0.6 is 11.8 Å². The third kappa shape index (κ3) is 4.84. The minimum atomic E-state index is -0.667. The van der Waals surface area contributed by atoms with Crippen molar-refractivity contribution in [3.8, 4) is 0 Å². The van der Waals surface area contributed by atoms with E-state index in [-0.39, 0.29) is 5.91 Å². The zero-order valence-electron chi connectivity index (χ0n) is 12.2. The Hall–Kier alpha value is -1.00. The van der Waals surface area contributed by atoms with Gasteiger partial charge >= 0.3 is 0 Å². The second kappa shape index (κ2) is 6.64. The van der Waals surface area contributed by atoms with E-state index < -0.39 is 5.60 Å². The first-order valence-corrected chi connectivity index (χ1v) is 8.29. The Morgan fingerprint density at radius 3 is 2.95 bits per heavy atom. The lowest BCUT2D eigenvalue weighted by Crippen LogP contribution is -2.34. The molecule has 1 aliphatic rings. The van der Waals surface area contributed by atoms with Crippen LogP contribution in [0.5, 0.6) is 0 Å². The van der Waals surface area contributed by atoms with Crippen LogP contribution < -0.4 is 5.32 Å². The molecule has 1 fully saturated rings. The van der Waals surface area contributed by atoms with Crippen molar-refractivity contribution >= 4 is 17.7 Å². The van der Waals surface area contributed by atoms with Crippen LogP contribution in [0.15, 0.2) is 24.3 Å². The number of carbonyl (C=O) groups is 1. The van der Waals surface area contributed by atoms with Gasteiger partial charge in [0, 0.05) is 17.4 Å². The summed E-state index contributed by atoms with van der Waals surface area (Å²) in [6.45, 7) is 3.61. The average molecular weight is 293 g/mol. The van der Waals surface area contributed by atoms with Gasteiger partial charge in [0.05, 0.1) is 5.60 Å². The first-order valence-electron chi connectivity index (χ1n) is 7.14. The van der Waals surface area contributed by atoms with Crippen molar-refractivity contribution in [2.75, 3.05) is 11.5 Å². The maximum absolute atomic E-state index is 12.2. The van der Waals surface area contributed by atoms with Crippen LogP contribution in [0.3, 0.4) is 0 Å². The molecule has 20 heavy (non-hydrogen) atoms. The Morgan fingerprint density at radius 1 is 1.50 bits per heavy atom. The first kappa shape index (κ1) is 15.4. The fourth-order valence-corrected chi connectivity index (χ4v) is 3.39. The number of amides is 1. The van der Waals surface area contributed by atoms with E-state index in [4.69, 9.17) is 0 Å². The molecule has 1 aliphatic heterocycles. The molecule has 2 rings (SSSR count). The minimum absolute atomic E-state index is 0.0163. The van der Waals surface area contributed by atoms with Gasteiger partial charge in [0.2, 0.25) is 0 Å². The summed E-state index contributed by atoms with van der Waals surface area (Å²) >= 11 is 1.89. The highest BCUT2D eigenvalue weighted by Gasteiger charge is 2.18. The van der Waals surface area contributed by atoms with Crippen LogP contribution in [0.1, 0.15) is 42.6 Å². The lowest BCUT2D eigenvalue weighted by atomic mass is 9.98. The number of carbonyl (C=O) groups excluding carboxylic acids is 1. The summed E-state index contributed by atoms with van der Waals surface area (Å²) in [6, 6.07) is 8.02. The number of benzene rings is 1. The highest BCUT2D eigenvalue weighted by atomic mass is 32.2. The van der Waals surface area contributed by atoms with Gasteiger partial charge < -0.3 is 10.4 Å². The third-order valence-corrected chi connectivity index (χ3v) is 4.64. The number of hydrogen-bond donors (Lipinski definition) is 2. The summed E-state index contributed by atoms with van der Waals surface area (Å²) in [5, 5.41) is 12.9. The van der Waals surface area contributed by atoms with Crippen molar-refractivity contribution in [2.24, 2.45) is 0 Å². The Morgan fingerprint density at radius 2 is 2.30 bits per heavy atom. The van der Waals surface area contributed by atoms with E-state index in [2.05, 4.69) is 5.32 Å². The Balaban J connectivity index is 1.95. The van der Waals surface area contributed by atoms with Crippen LogP contribution in [-0.4, -0.2) is 34.2 Å². The minimum Gasteiger partial charge on any atom is -0.390 e. The molecule has 0 aromatic heterocycles. The summed E-state index contributed by atoms with van der Waals surface area (Å²) in [5.41, 5.74) is 1.15. The Kier molecular flexibility index (Phi) is 5.11. The number of nitrogens with one attached hydrogen (secondary N) is 1. The van der Waals surface area contributed by atoms with Gasteiger partial charge in [-0.25, -0.2) is 0 Å². The van der Waals surface area contributed by atoms with E-state index in [1.54, 1.807) is 13.8 Å². The summed E-state index contributed by atoms with van der Waals surface area (Å²) < 4.78 is 0. The van der Waals surface area contributed by atoms with Crippen molar-refractivity contribution in [2.45, 2.75) is 44.8 Å². The lowest BCUT2D eigenvalue weighted by molar-refractivity contribution is 0.0714. The summed E-state index contributed by atoms with van der Waals surface area (Å²) in [5.74, 6) is 2.17. The molecule has 0 spiro atoms. The molecule has 1 aromatic carbocycles. The van der Waals surface area contributed by atoms with E-state index in [0.29, 0.717) is 12.5 Å². The van der Waals surface area contributed by atoms with Gasteiger partial charge in [-0.1, -0.05) is 12.1 Å². The Bertz CT molecular complexity index is 462. The van der Waals surface area contributed by atoms with E-state index in [0.717, 1.165) is 35.5 Å². The number of hydrogen-bond acceptors (Lipinski definition) is 3. The zero-order chi connectivity index (χ0) is 14.6. The van der Waals surface area contributed by atoms with Gasteiger partial charge in [-0.2, -0.15) is 11.8 Å². The third-order valence-electron chi connectivity index (χ3n) is 3.48. The van der Waals surface area contributed by atoms with Gasteiger partial charge in [-0.05, 0) is 56.6 Å². The van der Waals surface area contributed by atoms with Crippen LogP contribution in [0, 0.1) is 0 Å². The molecule has 1 heterocycles. The Labute approximate surface area is 125 Å². The van der Waals surface area contributed by atoms with Gasteiger partial charge in [0.15, 0.2) is 0 Å². The van der Waals surface area contributed by atoms with Gasteiger partial charge in [-0.15, -0.1) is 0 Å². The summed E-state index contributed by atoms with van der Waals surface area (Å²) in [7, 11) is 0. The van der Waals surface area contributed by atoms with Crippen LogP contribution in [0.4, 0.5) is 0 Å². The van der Waals surface area contributed by atoms with Crippen molar-refractivity contribution in [3.05, 3.63) is 35.4 Å². The molecule has 0 radical (unpaired) electrons. The summed E-state index contributed by atoms with van der Waals surface area (Å²) in [6.07, 6.45) is 2.54. The van der Waals surface area contributed by atoms with Gasteiger partial charge in [0.1, 0.15) is 0 Å². The molecule has 3 nitrogen and oxygen atoms in total. The predicted octanol–water partition coefficient (Wildman–Crippen LogP) is 2.63. The maximum Gasteiger partial charge on any atom is 0.251 e. The highest BCUT2D eigenvalue weighted by Crippen LogP contribution is 2.18. The van der Waals surface area contributed by atoms with Crippen LogP contribution in [0.2, 0.25) is 0 Å². The van der Waals surface area contributed by atoms with Crippen molar-refractivity contribution < 1.29 is 9.90 Å². The lowest BCUT2D eigenvalue weighted by Gasteiger charge is -2.17. The van der Waals surface area contributed by atoms with E-state index in [1.807, 2.05) is 36.0 Å².